The number of aliphatic hydroxyl groups is 1. The monoisotopic (exact) mass is 261 g/mol. The van der Waals surface area contributed by atoms with Crippen molar-refractivity contribution in [2.75, 3.05) is 6.61 Å². The number of esters is 1. The normalized spacial score (nSPS) is 13.5. The van der Waals surface area contributed by atoms with Gasteiger partial charge in [0.1, 0.15) is 12.1 Å². The molecule has 0 aliphatic rings. The van der Waals surface area contributed by atoms with Crippen molar-refractivity contribution < 1.29 is 29.3 Å². The molecule has 0 aliphatic heterocycles. The summed E-state index contributed by atoms with van der Waals surface area (Å²) in [6.07, 6.45) is -0.418. The lowest BCUT2D eigenvalue weighted by Crippen LogP contribution is -2.41. The highest BCUT2D eigenvalue weighted by molar-refractivity contribution is 5.83. The van der Waals surface area contributed by atoms with Crippen molar-refractivity contribution in [3.8, 4) is 0 Å². The summed E-state index contributed by atoms with van der Waals surface area (Å²) in [5, 5.41) is 20.0. The van der Waals surface area contributed by atoms with Crippen LogP contribution < -0.4 is 5.32 Å². The van der Waals surface area contributed by atoms with E-state index in [1.807, 2.05) is 0 Å². The van der Waals surface area contributed by atoms with E-state index in [4.69, 9.17) is 10.2 Å². The lowest BCUT2D eigenvalue weighted by atomic mass is 10.2. The molecule has 0 saturated heterocycles. The fourth-order valence-electron chi connectivity index (χ4n) is 1.15. The largest absolute Gasteiger partial charge is 0.480 e. The van der Waals surface area contributed by atoms with Crippen LogP contribution in [0, 0.1) is 0 Å². The number of nitrogens with one attached hydrogen (secondary N) is 1. The van der Waals surface area contributed by atoms with Crippen LogP contribution in [0.3, 0.4) is 0 Å². The molecule has 7 nitrogen and oxygen atoms in total. The lowest BCUT2D eigenvalue weighted by molar-refractivity contribution is -0.154. The molecule has 1 amide bonds. The van der Waals surface area contributed by atoms with Gasteiger partial charge in [-0.2, -0.15) is 0 Å². The zero-order chi connectivity index (χ0) is 14.1. The molecule has 0 aromatic rings. The number of rotatable bonds is 8. The van der Waals surface area contributed by atoms with Crippen molar-refractivity contribution in [3.63, 3.8) is 0 Å². The fourth-order valence-corrected chi connectivity index (χ4v) is 1.15. The maximum atomic E-state index is 11.2. The number of carboxylic acids is 1. The van der Waals surface area contributed by atoms with Crippen LogP contribution >= 0.6 is 0 Å². The van der Waals surface area contributed by atoms with Crippen molar-refractivity contribution in [1.82, 2.24) is 5.32 Å². The van der Waals surface area contributed by atoms with Gasteiger partial charge in [0.25, 0.3) is 0 Å². The minimum Gasteiger partial charge on any atom is -0.480 e. The number of carbonyl (C=O) groups is 3. The summed E-state index contributed by atoms with van der Waals surface area (Å²) in [5.74, 6) is -2.36. The number of aliphatic hydroxyl groups excluding tert-OH is 1. The van der Waals surface area contributed by atoms with Gasteiger partial charge in [-0.25, -0.2) is 9.59 Å². The number of carboxylic acid groups (broad SMARTS) is 1. The van der Waals surface area contributed by atoms with Crippen LogP contribution in [0.1, 0.15) is 33.1 Å². The van der Waals surface area contributed by atoms with Crippen molar-refractivity contribution in [3.05, 3.63) is 0 Å². The third-order valence-corrected chi connectivity index (χ3v) is 2.10. The van der Waals surface area contributed by atoms with E-state index in [0.717, 1.165) is 0 Å². The second-order valence-corrected chi connectivity index (χ2v) is 3.84. The number of ether oxygens (including phenoxy) is 1. The standard InChI is InChI=1S/C11H19NO6/c1-3-4-9(14)12-8(10(15)16)5-6-18-11(17)7(2)13/h7-8,13H,3-6H2,1-2H3,(H,12,14)(H,15,16)/t7?,8-/m0/s1. The Bertz CT molecular complexity index is 302. The Morgan fingerprint density at radius 1 is 1.33 bits per heavy atom. The maximum Gasteiger partial charge on any atom is 0.334 e. The van der Waals surface area contributed by atoms with Gasteiger partial charge in [-0.05, 0) is 13.3 Å². The first-order valence-corrected chi connectivity index (χ1v) is 5.75. The molecule has 0 heterocycles. The van der Waals surface area contributed by atoms with Crippen LogP contribution in [-0.4, -0.2) is 46.8 Å². The third-order valence-electron chi connectivity index (χ3n) is 2.10. The van der Waals surface area contributed by atoms with Gasteiger partial charge in [-0.15, -0.1) is 0 Å². The molecule has 0 aromatic carbocycles. The summed E-state index contributed by atoms with van der Waals surface area (Å²) in [5.41, 5.74) is 0. The minimum atomic E-state index is -1.25. The average Bonchev–Trinajstić information content (AvgIpc) is 2.27. The molecule has 3 N–H and O–H groups in total. The summed E-state index contributed by atoms with van der Waals surface area (Å²) in [7, 11) is 0. The van der Waals surface area contributed by atoms with Crippen molar-refractivity contribution >= 4 is 17.8 Å². The Kier molecular flexibility index (Phi) is 7.69. The Labute approximate surface area is 105 Å². The number of hydrogen-bond donors (Lipinski definition) is 3. The maximum absolute atomic E-state index is 11.2. The van der Waals surface area contributed by atoms with Gasteiger partial charge >= 0.3 is 11.9 Å². The van der Waals surface area contributed by atoms with Crippen LogP contribution in [0.2, 0.25) is 0 Å². The Morgan fingerprint density at radius 3 is 2.39 bits per heavy atom. The van der Waals surface area contributed by atoms with E-state index in [9.17, 15) is 14.4 Å². The molecule has 0 rings (SSSR count). The van der Waals surface area contributed by atoms with E-state index in [2.05, 4.69) is 10.1 Å². The lowest BCUT2D eigenvalue weighted by Gasteiger charge is -2.14. The van der Waals surface area contributed by atoms with E-state index in [1.165, 1.54) is 6.92 Å². The second-order valence-electron chi connectivity index (χ2n) is 3.84. The van der Waals surface area contributed by atoms with E-state index < -0.39 is 24.1 Å². The number of aliphatic carboxylic acids is 1. The molecule has 0 aromatic heterocycles. The van der Waals surface area contributed by atoms with Crippen molar-refractivity contribution in [2.45, 2.75) is 45.3 Å². The second kappa shape index (κ2) is 8.46. The third kappa shape index (κ3) is 6.85. The summed E-state index contributed by atoms with van der Waals surface area (Å²) < 4.78 is 4.62. The number of hydrogen-bond acceptors (Lipinski definition) is 5. The van der Waals surface area contributed by atoms with Gasteiger partial charge in [0, 0.05) is 12.8 Å². The summed E-state index contributed by atoms with van der Waals surface area (Å²) in [4.78, 5) is 33.0. The molecule has 104 valence electrons. The van der Waals surface area contributed by atoms with Gasteiger partial charge in [-0.3, -0.25) is 4.79 Å². The van der Waals surface area contributed by atoms with Crippen LogP contribution in [0.25, 0.3) is 0 Å². The van der Waals surface area contributed by atoms with Crippen LogP contribution in [0.15, 0.2) is 0 Å². The topological polar surface area (TPSA) is 113 Å². The van der Waals surface area contributed by atoms with Crippen LogP contribution in [0.4, 0.5) is 0 Å². The van der Waals surface area contributed by atoms with Gasteiger partial charge < -0.3 is 20.3 Å². The first kappa shape index (κ1) is 16.4. The van der Waals surface area contributed by atoms with E-state index in [0.29, 0.717) is 6.42 Å². The smallest absolute Gasteiger partial charge is 0.334 e. The van der Waals surface area contributed by atoms with E-state index in [-0.39, 0.29) is 25.4 Å². The van der Waals surface area contributed by atoms with Gasteiger partial charge in [0.2, 0.25) is 5.91 Å². The molecular formula is C11H19NO6. The Balaban J connectivity index is 4.09. The van der Waals surface area contributed by atoms with Gasteiger partial charge in [-0.1, -0.05) is 6.92 Å². The Morgan fingerprint density at radius 2 is 1.94 bits per heavy atom. The predicted octanol–water partition coefficient (Wildman–Crippen LogP) is -0.330. The fraction of sp³-hybridized carbons (Fsp3) is 0.727. The molecule has 18 heavy (non-hydrogen) atoms. The average molecular weight is 261 g/mol. The van der Waals surface area contributed by atoms with Crippen molar-refractivity contribution in [1.29, 1.82) is 0 Å². The van der Waals surface area contributed by atoms with E-state index in [1.54, 1.807) is 6.92 Å². The highest BCUT2D eigenvalue weighted by Gasteiger charge is 2.20. The first-order chi connectivity index (χ1) is 8.38. The highest BCUT2D eigenvalue weighted by Crippen LogP contribution is 1.98. The summed E-state index contributed by atoms with van der Waals surface area (Å²) in [6, 6.07) is -1.09. The SMILES string of the molecule is CCCC(=O)N[C@@H](CCOC(=O)C(C)O)C(=O)O. The predicted molar refractivity (Wildman–Crippen MR) is 61.7 cm³/mol. The van der Waals surface area contributed by atoms with E-state index >= 15 is 0 Å². The van der Waals surface area contributed by atoms with Crippen molar-refractivity contribution in [2.24, 2.45) is 0 Å². The molecule has 0 spiro atoms. The summed E-state index contributed by atoms with van der Waals surface area (Å²) in [6.45, 7) is 2.88. The molecule has 2 atom stereocenters. The molecule has 0 saturated carbocycles. The number of carbonyl (C=O) groups excluding carboxylic acids is 2. The minimum absolute atomic E-state index is 0.0384. The van der Waals surface area contributed by atoms with Crippen LogP contribution in [0.5, 0.6) is 0 Å². The molecule has 1 unspecified atom stereocenters. The zero-order valence-corrected chi connectivity index (χ0v) is 10.5. The summed E-state index contributed by atoms with van der Waals surface area (Å²) >= 11 is 0. The molecule has 0 aliphatic carbocycles. The molecule has 7 heteroatoms. The van der Waals surface area contributed by atoms with Gasteiger partial charge in [0.05, 0.1) is 6.61 Å². The molecule has 0 bridgehead atoms. The first-order valence-electron chi connectivity index (χ1n) is 5.75. The van der Waals surface area contributed by atoms with Crippen LogP contribution in [-0.2, 0) is 19.1 Å². The Hall–Kier alpha value is -1.63. The molecule has 0 fully saturated rings. The van der Waals surface area contributed by atoms with Gasteiger partial charge in [0.15, 0.2) is 0 Å². The zero-order valence-electron chi connectivity index (χ0n) is 10.5. The quantitative estimate of drug-likeness (QED) is 0.516. The molecular weight excluding hydrogens is 242 g/mol. The highest BCUT2D eigenvalue weighted by atomic mass is 16.5. The number of amides is 1. The molecule has 0 radical (unpaired) electrons.